The predicted molar refractivity (Wildman–Crippen MR) is 99.8 cm³/mol. The average Bonchev–Trinajstić information content (AvgIpc) is 3.15. The molecular formula is C20H19FN2O2S. The Morgan fingerprint density at radius 3 is 2.77 bits per heavy atom. The van der Waals surface area contributed by atoms with Crippen LogP contribution in [-0.4, -0.2) is 10.9 Å². The molecule has 1 aromatic heterocycles. The number of amides is 1. The molecule has 1 N–H and O–H groups in total. The number of hydrogen-bond acceptors (Lipinski definition) is 4. The molecule has 0 atom stereocenters. The largest absolute Gasteiger partial charge is 0.486 e. The first-order valence-electron chi connectivity index (χ1n) is 8.33. The lowest BCUT2D eigenvalue weighted by atomic mass is 10.2. The molecular weight excluding hydrogens is 351 g/mol. The number of aryl methyl sites for hydroxylation is 1. The van der Waals surface area contributed by atoms with Crippen LogP contribution >= 0.6 is 11.3 Å². The van der Waals surface area contributed by atoms with Crippen molar-refractivity contribution in [2.24, 2.45) is 0 Å². The van der Waals surface area contributed by atoms with Gasteiger partial charge in [-0.25, -0.2) is 9.37 Å². The van der Waals surface area contributed by atoms with Crippen LogP contribution in [0.3, 0.4) is 0 Å². The minimum absolute atomic E-state index is 0.259. The van der Waals surface area contributed by atoms with Crippen molar-refractivity contribution in [1.82, 2.24) is 10.3 Å². The summed E-state index contributed by atoms with van der Waals surface area (Å²) in [6, 6.07) is 13.9. The molecule has 0 radical (unpaired) electrons. The second kappa shape index (κ2) is 8.58. The van der Waals surface area contributed by atoms with E-state index in [1.54, 1.807) is 17.5 Å². The number of nitrogens with one attached hydrogen (secondary N) is 1. The Hall–Kier alpha value is -2.73. The first-order chi connectivity index (χ1) is 12.6. The van der Waals surface area contributed by atoms with Gasteiger partial charge in [0.05, 0.1) is 0 Å². The van der Waals surface area contributed by atoms with E-state index in [0.29, 0.717) is 18.8 Å². The lowest BCUT2D eigenvalue weighted by Crippen LogP contribution is -2.23. The number of aromatic nitrogens is 1. The summed E-state index contributed by atoms with van der Waals surface area (Å²) in [6.07, 6.45) is 0.951. The molecule has 3 rings (SSSR count). The van der Waals surface area contributed by atoms with Crippen LogP contribution < -0.4 is 10.1 Å². The minimum Gasteiger partial charge on any atom is -0.486 e. The smallest absolute Gasteiger partial charge is 0.271 e. The first-order valence-corrected chi connectivity index (χ1v) is 9.21. The van der Waals surface area contributed by atoms with Crippen LogP contribution in [0, 0.1) is 5.82 Å². The van der Waals surface area contributed by atoms with E-state index in [1.807, 2.05) is 18.2 Å². The Bertz CT molecular complexity index is 878. The van der Waals surface area contributed by atoms with Gasteiger partial charge in [0, 0.05) is 11.9 Å². The van der Waals surface area contributed by atoms with Gasteiger partial charge in [0.15, 0.2) is 0 Å². The maximum Gasteiger partial charge on any atom is 0.271 e. The van der Waals surface area contributed by atoms with Crippen molar-refractivity contribution in [2.45, 2.75) is 26.5 Å². The maximum absolute atomic E-state index is 12.9. The van der Waals surface area contributed by atoms with Gasteiger partial charge in [0.25, 0.3) is 5.91 Å². The summed E-state index contributed by atoms with van der Waals surface area (Å²) in [4.78, 5) is 16.5. The van der Waals surface area contributed by atoms with Crippen molar-refractivity contribution in [3.05, 3.63) is 81.6 Å². The van der Waals surface area contributed by atoms with E-state index in [4.69, 9.17) is 4.74 Å². The third kappa shape index (κ3) is 4.89. The van der Waals surface area contributed by atoms with Gasteiger partial charge in [0.1, 0.15) is 28.9 Å². The Morgan fingerprint density at radius 2 is 2.00 bits per heavy atom. The van der Waals surface area contributed by atoms with E-state index < -0.39 is 0 Å². The highest BCUT2D eigenvalue weighted by Gasteiger charge is 2.11. The topological polar surface area (TPSA) is 51.2 Å². The fraction of sp³-hybridized carbons (Fsp3) is 0.200. The van der Waals surface area contributed by atoms with E-state index in [-0.39, 0.29) is 11.7 Å². The Kier molecular flexibility index (Phi) is 5.96. The Morgan fingerprint density at radius 1 is 1.19 bits per heavy atom. The third-order valence-corrected chi connectivity index (χ3v) is 4.64. The summed E-state index contributed by atoms with van der Waals surface area (Å²) in [7, 11) is 0. The number of ether oxygens (including phenoxy) is 1. The summed E-state index contributed by atoms with van der Waals surface area (Å²) in [5.74, 6) is 0.236. The molecule has 0 unspecified atom stereocenters. The summed E-state index contributed by atoms with van der Waals surface area (Å²) < 4.78 is 18.6. The van der Waals surface area contributed by atoms with Crippen molar-refractivity contribution in [2.75, 3.05) is 0 Å². The van der Waals surface area contributed by atoms with Crippen LogP contribution in [0.15, 0.2) is 53.9 Å². The molecule has 3 aromatic rings. The molecule has 2 aromatic carbocycles. The maximum atomic E-state index is 12.9. The molecule has 134 valence electrons. The average molecular weight is 370 g/mol. The predicted octanol–water partition coefficient (Wildman–Crippen LogP) is 4.35. The monoisotopic (exact) mass is 370 g/mol. The number of carbonyl (C=O) groups is 1. The van der Waals surface area contributed by atoms with E-state index in [9.17, 15) is 9.18 Å². The van der Waals surface area contributed by atoms with Crippen molar-refractivity contribution < 1.29 is 13.9 Å². The quantitative estimate of drug-likeness (QED) is 0.673. The van der Waals surface area contributed by atoms with Crippen LogP contribution in [0.2, 0.25) is 0 Å². The van der Waals surface area contributed by atoms with Gasteiger partial charge in [-0.05, 0) is 41.8 Å². The van der Waals surface area contributed by atoms with Crippen molar-refractivity contribution in [3.8, 4) is 5.75 Å². The Balaban J connectivity index is 1.53. The highest BCUT2D eigenvalue weighted by atomic mass is 32.1. The second-order valence-electron chi connectivity index (χ2n) is 5.73. The van der Waals surface area contributed by atoms with E-state index >= 15 is 0 Å². The number of rotatable bonds is 7. The van der Waals surface area contributed by atoms with Gasteiger partial charge in [-0.15, -0.1) is 11.3 Å². The zero-order valence-electron chi connectivity index (χ0n) is 14.4. The molecule has 26 heavy (non-hydrogen) atoms. The molecule has 6 heteroatoms. The summed E-state index contributed by atoms with van der Waals surface area (Å²) in [6.45, 7) is 2.74. The van der Waals surface area contributed by atoms with Crippen LogP contribution in [0.4, 0.5) is 4.39 Å². The first kappa shape index (κ1) is 18.1. The fourth-order valence-electron chi connectivity index (χ4n) is 2.36. The summed E-state index contributed by atoms with van der Waals surface area (Å²) in [5.41, 5.74) is 2.40. The van der Waals surface area contributed by atoms with Gasteiger partial charge < -0.3 is 10.1 Å². The lowest BCUT2D eigenvalue weighted by molar-refractivity contribution is 0.0946. The highest BCUT2D eigenvalue weighted by molar-refractivity contribution is 7.09. The summed E-state index contributed by atoms with van der Waals surface area (Å²) in [5, 5.41) is 5.22. The number of benzene rings is 2. The van der Waals surface area contributed by atoms with Crippen molar-refractivity contribution >= 4 is 17.2 Å². The number of nitrogens with zero attached hydrogens (tertiary/aromatic N) is 1. The van der Waals surface area contributed by atoms with Crippen molar-refractivity contribution in [1.29, 1.82) is 0 Å². The number of halogens is 1. The number of thiazole rings is 1. The van der Waals surface area contributed by atoms with Gasteiger partial charge in [-0.1, -0.05) is 31.2 Å². The molecule has 0 aliphatic heterocycles. The minimum atomic E-state index is -0.298. The fourth-order valence-corrected chi connectivity index (χ4v) is 3.04. The number of hydrogen-bond donors (Lipinski definition) is 1. The zero-order chi connectivity index (χ0) is 18.4. The highest BCUT2D eigenvalue weighted by Crippen LogP contribution is 2.17. The third-order valence-electron chi connectivity index (χ3n) is 3.82. The SMILES string of the molecule is CCc1cccc(OCc2nc(C(=O)NCc3ccc(F)cc3)cs2)c1. The molecule has 0 spiro atoms. The molecule has 0 bridgehead atoms. The molecule has 4 nitrogen and oxygen atoms in total. The van der Waals surface area contributed by atoms with E-state index in [1.165, 1.54) is 29.0 Å². The molecule has 0 fully saturated rings. The number of carbonyl (C=O) groups excluding carboxylic acids is 1. The van der Waals surface area contributed by atoms with Crippen LogP contribution in [-0.2, 0) is 19.6 Å². The van der Waals surface area contributed by atoms with Gasteiger partial charge in [-0.3, -0.25) is 4.79 Å². The molecule has 0 saturated carbocycles. The van der Waals surface area contributed by atoms with E-state index in [2.05, 4.69) is 23.3 Å². The van der Waals surface area contributed by atoms with Gasteiger partial charge in [-0.2, -0.15) is 0 Å². The molecule has 1 amide bonds. The van der Waals surface area contributed by atoms with Crippen LogP contribution in [0.1, 0.15) is 33.5 Å². The molecule has 0 saturated heterocycles. The van der Waals surface area contributed by atoms with Crippen LogP contribution in [0.5, 0.6) is 5.75 Å². The summed E-state index contributed by atoms with van der Waals surface area (Å²) >= 11 is 1.38. The van der Waals surface area contributed by atoms with Gasteiger partial charge >= 0.3 is 0 Å². The van der Waals surface area contributed by atoms with Crippen LogP contribution in [0.25, 0.3) is 0 Å². The van der Waals surface area contributed by atoms with E-state index in [0.717, 1.165) is 22.7 Å². The molecule has 0 aliphatic rings. The Labute approximate surface area is 155 Å². The molecule has 0 aliphatic carbocycles. The van der Waals surface area contributed by atoms with Gasteiger partial charge in [0.2, 0.25) is 0 Å². The standard InChI is InChI=1S/C20H19FN2O2S/c1-2-14-4-3-5-17(10-14)25-12-19-23-18(13-26-19)20(24)22-11-15-6-8-16(21)9-7-15/h3-10,13H,2,11-12H2,1H3,(H,22,24). The lowest BCUT2D eigenvalue weighted by Gasteiger charge is -2.05. The van der Waals surface area contributed by atoms with Crippen molar-refractivity contribution in [3.63, 3.8) is 0 Å². The molecule has 1 heterocycles. The normalized spacial score (nSPS) is 10.5. The second-order valence-corrected chi connectivity index (χ2v) is 6.67. The zero-order valence-corrected chi connectivity index (χ0v) is 15.2.